The SMILES string of the molecule is CCn1cnnc1CN(C)C(=O)C1CCC(=O)N(CCc2cccc(F)c2)C1. The molecule has 1 saturated heterocycles. The Morgan fingerprint density at radius 3 is 2.96 bits per heavy atom. The highest BCUT2D eigenvalue weighted by Gasteiger charge is 2.32. The summed E-state index contributed by atoms with van der Waals surface area (Å²) in [5.74, 6) is 0.293. The molecule has 150 valence electrons. The Morgan fingerprint density at radius 2 is 2.21 bits per heavy atom. The summed E-state index contributed by atoms with van der Waals surface area (Å²) in [5.41, 5.74) is 0.845. The molecular formula is C20H26FN5O2. The van der Waals surface area contributed by atoms with Crippen LogP contribution < -0.4 is 0 Å². The molecule has 1 aliphatic heterocycles. The zero-order valence-electron chi connectivity index (χ0n) is 16.3. The highest BCUT2D eigenvalue weighted by molar-refractivity contribution is 5.83. The monoisotopic (exact) mass is 387 g/mol. The molecule has 2 aromatic rings. The predicted molar refractivity (Wildman–Crippen MR) is 102 cm³/mol. The Kier molecular flexibility index (Phi) is 6.38. The number of amides is 2. The summed E-state index contributed by atoms with van der Waals surface area (Å²) in [6.45, 7) is 4.02. The first kappa shape index (κ1) is 20.0. The minimum Gasteiger partial charge on any atom is -0.342 e. The lowest BCUT2D eigenvalue weighted by Gasteiger charge is -2.33. The molecule has 0 saturated carbocycles. The molecule has 2 amide bonds. The van der Waals surface area contributed by atoms with E-state index >= 15 is 0 Å². The van der Waals surface area contributed by atoms with E-state index in [0.717, 1.165) is 17.9 Å². The van der Waals surface area contributed by atoms with Gasteiger partial charge >= 0.3 is 0 Å². The smallest absolute Gasteiger partial charge is 0.227 e. The van der Waals surface area contributed by atoms with Crippen LogP contribution in [0.25, 0.3) is 0 Å². The minimum atomic E-state index is -0.280. The van der Waals surface area contributed by atoms with Gasteiger partial charge in [-0.1, -0.05) is 12.1 Å². The van der Waals surface area contributed by atoms with Gasteiger partial charge < -0.3 is 14.4 Å². The second-order valence-electron chi connectivity index (χ2n) is 7.18. The molecule has 0 N–H and O–H groups in total. The van der Waals surface area contributed by atoms with Crippen molar-refractivity contribution in [1.82, 2.24) is 24.6 Å². The molecule has 1 aromatic carbocycles. The molecule has 28 heavy (non-hydrogen) atoms. The lowest BCUT2D eigenvalue weighted by atomic mass is 9.95. The van der Waals surface area contributed by atoms with Crippen molar-refractivity contribution in [3.05, 3.63) is 47.8 Å². The third-order valence-corrected chi connectivity index (χ3v) is 5.20. The van der Waals surface area contributed by atoms with Gasteiger partial charge in [-0.15, -0.1) is 10.2 Å². The van der Waals surface area contributed by atoms with Crippen LogP contribution in [0.1, 0.15) is 31.2 Å². The first-order chi connectivity index (χ1) is 13.5. The summed E-state index contributed by atoms with van der Waals surface area (Å²) in [7, 11) is 1.75. The zero-order chi connectivity index (χ0) is 20.1. The molecule has 8 heteroatoms. The van der Waals surface area contributed by atoms with Gasteiger partial charge in [0.05, 0.1) is 12.5 Å². The molecule has 0 spiro atoms. The van der Waals surface area contributed by atoms with E-state index in [4.69, 9.17) is 0 Å². The van der Waals surface area contributed by atoms with Gasteiger partial charge in [0.25, 0.3) is 0 Å². The Morgan fingerprint density at radius 1 is 1.39 bits per heavy atom. The Labute approximate surface area is 164 Å². The van der Waals surface area contributed by atoms with Crippen molar-refractivity contribution in [2.24, 2.45) is 5.92 Å². The number of hydrogen-bond donors (Lipinski definition) is 0. The summed E-state index contributed by atoms with van der Waals surface area (Å²) in [5, 5.41) is 7.97. The number of aryl methyl sites for hydroxylation is 1. The Bertz CT molecular complexity index is 838. The van der Waals surface area contributed by atoms with Crippen molar-refractivity contribution in [3.63, 3.8) is 0 Å². The van der Waals surface area contributed by atoms with E-state index in [1.54, 1.807) is 29.2 Å². The molecule has 3 rings (SSSR count). The second-order valence-corrected chi connectivity index (χ2v) is 7.18. The highest BCUT2D eigenvalue weighted by Crippen LogP contribution is 2.21. The van der Waals surface area contributed by atoms with Crippen LogP contribution in [-0.2, 0) is 29.1 Å². The lowest BCUT2D eigenvalue weighted by Crippen LogP contribution is -2.46. The normalized spacial score (nSPS) is 17.0. The molecule has 1 unspecified atom stereocenters. The number of piperidine rings is 1. The van der Waals surface area contributed by atoms with Crippen LogP contribution in [0, 0.1) is 11.7 Å². The van der Waals surface area contributed by atoms with Crippen LogP contribution in [0.5, 0.6) is 0 Å². The van der Waals surface area contributed by atoms with Gasteiger partial charge in [-0.25, -0.2) is 4.39 Å². The molecule has 0 aliphatic carbocycles. The fourth-order valence-electron chi connectivity index (χ4n) is 3.56. The van der Waals surface area contributed by atoms with Crippen LogP contribution in [0.2, 0.25) is 0 Å². The summed E-state index contributed by atoms with van der Waals surface area (Å²) in [4.78, 5) is 28.5. The number of likely N-dealkylation sites (tertiary alicyclic amines) is 1. The number of carbonyl (C=O) groups is 2. The van der Waals surface area contributed by atoms with Crippen molar-refractivity contribution in [2.45, 2.75) is 39.3 Å². The number of hydrogen-bond acceptors (Lipinski definition) is 4. The van der Waals surface area contributed by atoms with Crippen LogP contribution in [0.3, 0.4) is 0 Å². The van der Waals surface area contributed by atoms with Crippen molar-refractivity contribution < 1.29 is 14.0 Å². The zero-order valence-corrected chi connectivity index (χ0v) is 16.3. The van der Waals surface area contributed by atoms with Gasteiger partial charge in [0.1, 0.15) is 12.1 Å². The number of carbonyl (C=O) groups excluding carboxylic acids is 2. The third kappa shape index (κ3) is 4.74. The van der Waals surface area contributed by atoms with E-state index < -0.39 is 0 Å². The average molecular weight is 387 g/mol. The fourth-order valence-corrected chi connectivity index (χ4v) is 3.56. The number of halogens is 1. The third-order valence-electron chi connectivity index (χ3n) is 5.20. The molecule has 1 aromatic heterocycles. The van der Waals surface area contributed by atoms with Gasteiger partial charge in [-0.3, -0.25) is 9.59 Å². The molecular weight excluding hydrogens is 361 g/mol. The van der Waals surface area contributed by atoms with Gasteiger partial charge in [-0.05, 0) is 37.5 Å². The Balaban J connectivity index is 1.58. The first-order valence-electron chi connectivity index (χ1n) is 9.61. The van der Waals surface area contributed by atoms with Gasteiger partial charge in [0, 0.05) is 33.1 Å². The van der Waals surface area contributed by atoms with E-state index in [0.29, 0.717) is 38.9 Å². The molecule has 1 aliphatic rings. The topological polar surface area (TPSA) is 71.3 Å². The maximum Gasteiger partial charge on any atom is 0.227 e. The van der Waals surface area contributed by atoms with Gasteiger partial charge in [0.15, 0.2) is 5.82 Å². The minimum absolute atomic E-state index is 0.00825. The molecule has 0 radical (unpaired) electrons. The molecule has 1 fully saturated rings. The van der Waals surface area contributed by atoms with E-state index in [-0.39, 0.29) is 23.5 Å². The van der Waals surface area contributed by atoms with Crippen molar-refractivity contribution >= 4 is 11.8 Å². The standard InChI is InChI=1S/C20H26FN5O2/c1-3-25-14-22-23-18(25)13-24(2)20(28)16-7-8-19(27)26(12-16)10-9-15-5-4-6-17(21)11-15/h4-6,11,14,16H,3,7-10,12-13H2,1-2H3. The van der Waals surface area contributed by atoms with Crippen LogP contribution in [0.15, 0.2) is 30.6 Å². The summed E-state index contributed by atoms with van der Waals surface area (Å²) in [6, 6.07) is 6.39. The van der Waals surface area contributed by atoms with E-state index in [2.05, 4.69) is 10.2 Å². The van der Waals surface area contributed by atoms with Crippen molar-refractivity contribution in [2.75, 3.05) is 20.1 Å². The largest absolute Gasteiger partial charge is 0.342 e. The van der Waals surface area contributed by atoms with E-state index in [9.17, 15) is 14.0 Å². The van der Waals surface area contributed by atoms with Crippen LogP contribution in [-0.4, -0.2) is 56.5 Å². The Hall–Kier alpha value is -2.77. The van der Waals surface area contributed by atoms with Gasteiger partial charge in [-0.2, -0.15) is 0 Å². The lowest BCUT2D eigenvalue weighted by molar-refractivity contribution is -0.142. The first-order valence-corrected chi connectivity index (χ1v) is 9.61. The summed E-state index contributed by atoms with van der Waals surface area (Å²) < 4.78 is 15.2. The maximum atomic E-state index is 13.3. The molecule has 2 heterocycles. The number of aromatic nitrogens is 3. The predicted octanol–water partition coefficient (Wildman–Crippen LogP) is 1.88. The second kappa shape index (κ2) is 8.95. The van der Waals surface area contributed by atoms with Crippen molar-refractivity contribution in [1.29, 1.82) is 0 Å². The van der Waals surface area contributed by atoms with E-state index in [1.165, 1.54) is 12.1 Å². The highest BCUT2D eigenvalue weighted by atomic mass is 19.1. The van der Waals surface area contributed by atoms with Gasteiger partial charge in [0.2, 0.25) is 11.8 Å². The number of nitrogens with zero attached hydrogens (tertiary/aromatic N) is 5. The maximum absolute atomic E-state index is 13.3. The quantitative estimate of drug-likeness (QED) is 0.727. The number of benzene rings is 1. The van der Waals surface area contributed by atoms with Crippen molar-refractivity contribution in [3.8, 4) is 0 Å². The summed E-state index contributed by atoms with van der Waals surface area (Å²) >= 11 is 0. The average Bonchev–Trinajstić information content (AvgIpc) is 3.14. The molecule has 0 bridgehead atoms. The van der Waals surface area contributed by atoms with E-state index in [1.807, 2.05) is 17.6 Å². The van der Waals surface area contributed by atoms with Crippen LogP contribution >= 0.6 is 0 Å². The number of rotatable bonds is 7. The summed E-state index contributed by atoms with van der Waals surface area (Å²) in [6.07, 6.45) is 3.14. The van der Waals surface area contributed by atoms with Crippen LogP contribution in [0.4, 0.5) is 4.39 Å². The molecule has 1 atom stereocenters. The molecule has 7 nitrogen and oxygen atoms in total. The fraction of sp³-hybridized carbons (Fsp3) is 0.500.